The molecule has 1 N–H and O–H groups in total. The topological polar surface area (TPSA) is 58.1 Å². The maximum atomic E-state index is 13.1. The number of aromatic nitrogens is 2. The van der Waals surface area contributed by atoms with Crippen LogP contribution in [0.25, 0.3) is 0 Å². The average Bonchev–Trinajstić information content (AvgIpc) is 2.63. The Balaban J connectivity index is 1.86. The van der Waals surface area contributed by atoms with E-state index in [4.69, 9.17) is 11.6 Å². The molecule has 3 heterocycles. The Morgan fingerprint density at radius 3 is 2.58 bits per heavy atom. The summed E-state index contributed by atoms with van der Waals surface area (Å²) in [5.41, 5.74) is 2.11. The first-order valence-corrected chi connectivity index (χ1v) is 7.83. The molecule has 1 amide bonds. The zero-order valence-corrected chi connectivity index (χ0v) is 13.3. The number of rotatable bonds is 2. The number of pyridine rings is 2. The van der Waals surface area contributed by atoms with E-state index in [2.05, 4.69) is 15.3 Å². The lowest BCUT2D eigenvalue weighted by molar-refractivity contribution is 0.0973. The monoisotopic (exact) mass is 336 g/mol. The number of benzene rings is 1. The zero-order valence-electron chi connectivity index (χ0n) is 12.6. The number of amides is 1. The van der Waals surface area contributed by atoms with Crippen LogP contribution in [0.4, 0.5) is 11.5 Å². The Bertz CT molecular complexity index is 883. The second-order valence-electron chi connectivity index (χ2n) is 5.36. The van der Waals surface area contributed by atoms with E-state index in [0.29, 0.717) is 16.4 Å². The van der Waals surface area contributed by atoms with Crippen LogP contribution in [0.15, 0.2) is 67.0 Å². The first kappa shape index (κ1) is 14.7. The van der Waals surface area contributed by atoms with E-state index in [0.717, 1.165) is 11.4 Å². The van der Waals surface area contributed by atoms with Crippen molar-refractivity contribution in [2.24, 2.45) is 0 Å². The molecule has 3 aromatic rings. The van der Waals surface area contributed by atoms with Gasteiger partial charge in [0.2, 0.25) is 0 Å². The first-order valence-electron chi connectivity index (χ1n) is 7.45. The highest BCUT2D eigenvalue weighted by molar-refractivity contribution is 6.30. The van der Waals surface area contributed by atoms with E-state index in [1.807, 2.05) is 36.4 Å². The zero-order chi connectivity index (χ0) is 16.5. The van der Waals surface area contributed by atoms with Crippen LogP contribution in [0, 0.1) is 0 Å². The van der Waals surface area contributed by atoms with Gasteiger partial charge in [-0.15, -0.1) is 0 Å². The molecule has 118 valence electrons. The molecule has 1 aliphatic heterocycles. The molecule has 1 aliphatic rings. The van der Waals surface area contributed by atoms with Gasteiger partial charge in [0.25, 0.3) is 5.91 Å². The number of nitrogens with one attached hydrogen (secondary N) is 1. The van der Waals surface area contributed by atoms with Gasteiger partial charge in [0.15, 0.2) is 6.17 Å². The van der Waals surface area contributed by atoms with Gasteiger partial charge in [0, 0.05) is 18.1 Å². The Kier molecular flexibility index (Phi) is 3.63. The molecule has 1 atom stereocenters. The van der Waals surface area contributed by atoms with Crippen molar-refractivity contribution < 1.29 is 4.79 Å². The largest absolute Gasteiger partial charge is 0.359 e. The third kappa shape index (κ3) is 2.49. The smallest absolute Gasteiger partial charge is 0.263 e. The molecular weight excluding hydrogens is 324 g/mol. The van der Waals surface area contributed by atoms with Crippen molar-refractivity contribution in [3.63, 3.8) is 0 Å². The van der Waals surface area contributed by atoms with Crippen LogP contribution >= 0.6 is 11.6 Å². The molecule has 0 bridgehead atoms. The number of para-hydroxylation sites is 1. The number of carbonyl (C=O) groups is 1. The van der Waals surface area contributed by atoms with Crippen molar-refractivity contribution in [2.45, 2.75) is 6.17 Å². The fourth-order valence-electron chi connectivity index (χ4n) is 2.75. The van der Waals surface area contributed by atoms with Crippen LogP contribution in [0.3, 0.4) is 0 Å². The third-order valence-electron chi connectivity index (χ3n) is 3.85. The summed E-state index contributed by atoms with van der Waals surface area (Å²) in [6.07, 6.45) is 2.79. The minimum Gasteiger partial charge on any atom is -0.359 e. The average molecular weight is 337 g/mol. The highest BCUT2D eigenvalue weighted by Crippen LogP contribution is 2.35. The molecule has 0 saturated heterocycles. The number of fused-ring (bicyclic) bond motifs is 1. The fourth-order valence-corrected chi connectivity index (χ4v) is 2.86. The van der Waals surface area contributed by atoms with Crippen LogP contribution in [0.2, 0.25) is 5.02 Å². The minimum atomic E-state index is -0.442. The molecular formula is C18H13ClN4O. The van der Waals surface area contributed by atoms with Crippen molar-refractivity contribution >= 4 is 29.0 Å². The summed E-state index contributed by atoms with van der Waals surface area (Å²) in [5, 5.41) is 3.90. The predicted molar refractivity (Wildman–Crippen MR) is 93.1 cm³/mol. The highest BCUT2D eigenvalue weighted by atomic mass is 35.5. The van der Waals surface area contributed by atoms with Gasteiger partial charge in [0.1, 0.15) is 5.82 Å². The lowest BCUT2D eigenvalue weighted by Gasteiger charge is -2.36. The normalized spacial score (nSPS) is 16.5. The van der Waals surface area contributed by atoms with Gasteiger partial charge in [-0.05, 0) is 36.4 Å². The Hall–Kier alpha value is -2.92. The van der Waals surface area contributed by atoms with E-state index < -0.39 is 6.17 Å². The molecule has 0 spiro atoms. The second-order valence-corrected chi connectivity index (χ2v) is 5.79. The fraction of sp³-hybridized carbons (Fsp3) is 0.0556. The van der Waals surface area contributed by atoms with E-state index in [-0.39, 0.29) is 5.91 Å². The maximum Gasteiger partial charge on any atom is 0.263 e. The molecule has 6 heteroatoms. The van der Waals surface area contributed by atoms with Crippen LogP contribution < -0.4 is 10.2 Å². The quantitative estimate of drug-likeness (QED) is 0.771. The number of nitrogens with zero attached hydrogens (tertiary/aromatic N) is 3. The van der Waals surface area contributed by atoms with Crippen LogP contribution in [-0.4, -0.2) is 15.9 Å². The lowest BCUT2D eigenvalue weighted by atomic mass is 10.1. The van der Waals surface area contributed by atoms with Gasteiger partial charge in [-0.3, -0.25) is 14.7 Å². The van der Waals surface area contributed by atoms with E-state index in [9.17, 15) is 4.79 Å². The van der Waals surface area contributed by atoms with Gasteiger partial charge in [0.05, 0.1) is 16.3 Å². The number of hydrogen-bond acceptors (Lipinski definition) is 4. The SMILES string of the molecule is O=C1c2ccccc2N[C@@H](c2ccccn2)N1c1ccc(Cl)cn1. The van der Waals surface area contributed by atoms with Crippen LogP contribution in [0.1, 0.15) is 22.2 Å². The number of hydrogen-bond donors (Lipinski definition) is 1. The summed E-state index contributed by atoms with van der Waals surface area (Å²) >= 11 is 5.93. The van der Waals surface area contributed by atoms with Crippen molar-refractivity contribution in [3.8, 4) is 0 Å². The summed E-state index contributed by atoms with van der Waals surface area (Å²) in [5.74, 6) is 0.386. The van der Waals surface area contributed by atoms with Crippen molar-refractivity contribution in [1.29, 1.82) is 0 Å². The summed E-state index contributed by atoms with van der Waals surface area (Å²) in [6.45, 7) is 0. The predicted octanol–water partition coefficient (Wildman–Crippen LogP) is 3.90. The van der Waals surface area contributed by atoms with E-state index in [1.165, 1.54) is 6.20 Å². The molecule has 0 radical (unpaired) electrons. The Morgan fingerprint density at radius 1 is 1.00 bits per heavy atom. The van der Waals surface area contributed by atoms with Gasteiger partial charge in [-0.25, -0.2) is 4.98 Å². The van der Waals surface area contributed by atoms with Crippen molar-refractivity contribution in [2.75, 3.05) is 10.2 Å². The molecule has 0 saturated carbocycles. The van der Waals surface area contributed by atoms with Crippen molar-refractivity contribution in [1.82, 2.24) is 9.97 Å². The maximum absolute atomic E-state index is 13.1. The molecule has 0 aliphatic carbocycles. The first-order chi connectivity index (χ1) is 11.7. The number of carbonyl (C=O) groups excluding carboxylic acids is 1. The molecule has 4 rings (SSSR count). The summed E-state index contributed by atoms with van der Waals surface area (Å²) in [7, 11) is 0. The summed E-state index contributed by atoms with van der Waals surface area (Å²) in [6, 6.07) is 16.5. The van der Waals surface area contributed by atoms with Gasteiger partial charge >= 0.3 is 0 Å². The standard InChI is InChI=1S/C18H13ClN4O/c19-12-8-9-16(21-11-12)23-17(15-7-3-4-10-20-15)22-14-6-2-1-5-13(14)18(23)24/h1-11,17,22H/t17-/m1/s1. The summed E-state index contributed by atoms with van der Waals surface area (Å²) < 4.78 is 0. The minimum absolute atomic E-state index is 0.130. The second kappa shape index (κ2) is 5.94. The van der Waals surface area contributed by atoms with E-state index in [1.54, 1.807) is 29.3 Å². The Labute approximate surface area is 143 Å². The molecule has 1 aromatic carbocycles. The lowest BCUT2D eigenvalue weighted by Crippen LogP contribution is -2.43. The van der Waals surface area contributed by atoms with Crippen molar-refractivity contribution in [3.05, 3.63) is 83.3 Å². The van der Waals surface area contributed by atoms with Gasteiger partial charge in [-0.2, -0.15) is 0 Å². The van der Waals surface area contributed by atoms with E-state index >= 15 is 0 Å². The van der Waals surface area contributed by atoms with Gasteiger partial charge in [-0.1, -0.05) is 29.8 Å². The molecule has 5 nitrogen and oxygen atoms in total. The molecule has 2 aromatic heterocycles. The molecule has 0 unspecified atom stereocenters. The molecule has 24 heavy (non-hydrogen) atoms. The summed E-state index contributed by atoms with van der Waals surface area (Å²) in [4.78, 5) is 23.4. The third-order valence-corrected chi connectivity index (χ3v) is 4.08. The Morgan fingerprint density at radius 2 is 1.83 bits per heavy atom. The number of halogens is 1. The van der Waals surface area contributed by atoms with Gasteiger partial charge < -0.3 is 5.32 Å². The van der Waals surface area contributed by atoms with Crippen LogP contribution in [-0.2, 0) is 0 Å². The van der Waals surface area contributed by atoms with Crippen LogP contribution in [0.5, 0.6) is 0 Å². The molecule has 0 fully saturated rings. The number of anilines is 2. The highest BCUT2D eigenvalue weighted by Gasteiger charge is 2.35.